The molecule has 0 spiro atoms. The van der Waals surface area contributed by atoms with Gasteiger partial charge in [-0.1, -0.05) is 6.92 Å². The number of nitrogens with one attached hydrogen (secondary N) is 1. The molecule has 0 aliphatic carbocycles. The van der Waals surface area contributed by atoms with Gasteiger partial charge in [0.05, 0.1) is 12.5 Å². The predicted octanol–water partition coefficient (Wildman–Crippen LogP) is 1.86. The molecule has 1 unspecified atom stereocenters. The second kappa shape index (κ2) is 7.48. The van der Waals surface area contributed by atoms with Crippen molar-refractivity contribution < 1.29 is 14.7 Å². The lowest BCUT2D eigenvalue weighted by Crippen LogP contribution is -2.53. The van der Waals surface area contributed by atoms with Gasteiger partial charge in [0.2, 0.25) is 5.91 Å². The van der Waals surface area contributed by atoms with Gasteiger partial charge >= 0.3 is 5.97 Å². The Hall–Kier alpha value is -1.10. The highest BCUT2D eigenvalue weighted by Crippen LogP contribution is 2.11. The first-order valence-electron chi connectivity index (χ1n) is 6.90. The number of hydrogen-bond acceptors (Lipinski definition) is 3. The third-order valence-corrected chi connectivity index (χ3v) is 3.47. The van der Waals surface area contributed by atoms with Gasteiger partial charge in [-0.3, -0.25) is 14.5 Å². The van der Waals surface area contributed by atoms with Gasteiger partial charge in [-0.05, 0) is 41.0 Å². The van der Waals surface area contributed by atoms with Crippen molar-refractivity contribution in [3.8, 4) is 0 Å². The number of carboxylic acid groups (broad SMARTS) is 1. The van der Waals surface area contributed by atoms with Crippen molar-refractivity contribution in [2.45, 2.75) is 72.0 Å². The van der Waals surface area contributed by atoms with Gasteiger partial charge in [-0.25, -0.2) is 0 Å². The van der Waals surface area contributed by atoms with Crippen LogP contribution < -0.4 is 5.32 Å². The SMILES string of the molecule is CCC(C)(C)NC(=O)C(C)N(CCC(=O)O)C(C)C. The van der Waals surface area contributed by atoms with Crippen LogP contribution in [-0.2, 0) is 9.59 Å². The number of nitrogens with zero attached hydrogens (tertiary/aromatic N) is 1. The zero-order valence-corrected chi connectivity index (χ0v) is 13.0. The van der Waals surface area contributed by atoms with Gasteiger partial charge in [-0.2, -0.15) is 0 Å². The molecule has 0 aromatic carbocycles. The van der Waals surface area contributed by atoms with Crippen LogP contribution in [0.15, 0.2) is 0 Å². The van der Waals surface area contributed by atoms with E-state index in [1.165, 1.54) is 0 Å². The van der Waals surface area contributed by atoms with Crippen LogP contribution in [0.2, 0.25) is 0 Å². The van der Waals surface area contributed by atoms with Crippen LogP contribution in [0.1, 0.15) is 54.4 Å². The van der Waals surface area contributed by atoms with Crippen molar-refractivity contribution in [3.05, 3.63) is 0 Å². The normalized spacial score (nSPS) is 13.7. The van der Waals surface area contributed by atoms with Crippen LogP contribution in [0.3, 0.4) is 0 Å². The summed E-state index contributed by atoms with van der Waals surface area (Å²) in [6.07, 6.45) is 0.898. The molecule has 19 heavy (non-hydrogen) atoms. The van der Waals surface area contributed by atoms with E-state index in [2.05, 4.69) is 5.32 Å². The lowest BCUT2D eigenvalue weighted by molar-refractivity contribution is -0.138. The summed E-state index contributed by atoms with van der Waals surface area (Å²) in [4.78, 5) is 24.8. The molecule has 0 saturated carbocycles. The van der Waals surface area contributed by atoms with Crippen LogP contribution in [0.5, 0.6) is 0 Å². The Morgan fingerprint density at radius 2 is 1.79 bits per heavy atom. The quantitative estimate of drug-likeness (QED) is 0.707. The standard InChI is InChI=1S/C14H28N2O3/c1-7-14(5,6)15-13(19)11(4)16(10(2)3)9-8-12(17)18/h10-11H,7-9H2,1-6H3,(H,15,19)(H,17,18). The van der Waals surface area contributed by atoms with Gasteiger partial charge < -0.3 is 10.4 Å². The van der Waals surface area contributed by atoms with Gasteiger partial charge in [-0.15, -0.1) is 0 Å². The van der Waals surface area contributed by atoms with Gasteiger partial charge in [0.25, 0.3) is 0 Å². The molecule has 0 aliphatic heterocycles. The van der Waals surface area contributed by atoms with Crippen molar-refractivity contribution in [1.82, 2.24) is 10.2 Å². The molecule has 0 radical (unpaired) electrons. The van der Waals surface area contributed by atoms with Crippen LogP contribution in [0.4, 0.5) is 0 Å². The molecule has 0 aromatic heterocycles. The molecule has 0 rings (SSSR count). The largest absolute Gasteiger partial charge is 0.481 e. The second-order valence-electron chi connectivity index (χ2n) is 5.88. The smallest absolute Gasteiger partial charge is 0.304 e. The third kappa shape index (κ3) is 6.57. The predicted molar refractivity (Wildman–Crippen MR) is 76.1 cm³/mol. The van der Waals surface area contributed by atoms with Crippen LogP contribution >= 0.6 is 0 Å². The minimum absolute atomic E-state index is 0.0486. The number of carbonyl (C=O) groups excluding carboxylic acids is 1. The number of carbonyl (C=O) groups is 2. The maximum atomic E-state index is 12.2. The Bertz CT molecular complexity index is 314. The Balaban J connectivity index is 4.66. The molecule has 1 atom stereocenters. The molecule has 0 heterocycles. The highest BCUT2D eigenvalue weighted by molar-refractivity contribution is 5.82. The first kappa shape index (κ1) is 17.9. The van der Waals surface area contributed by atoms with Crippen LogP contribution in [0.25, 0.3) is 0 Å². The molecule has 0 saturated heterocycles. The molecule has 1 amide bonds. The minimum Gasteiger partial charge on any atom is -0.481 e. The second-order valence-corrected chi connectivity index (χ2v) is 5.88. The molecule has 0 aromatic rings. The summed E-state index contributed by atoms with van der Waals surface area (Å²) in [6.45, 7) is 12.1. The molecular formula is C14H28N2O3. The van der Waals surface area contributed by atoms with E-state index in [9.17, 15) is 9.59 Å². The highest BCUT2D eigenvalue weighted by atomic mass is 16.4. The van der Waals surface area contributed by atoms with Crippen molar-refractivity contribution in [3.63, 3.8) is 0 Å². The zero-order valence-electron chi connectivity index (χ0n) is 13.0. The number of rotatable bonds is 8. The molecule has 5 nitrogen and oxygen atoms in total. The topological polar surface area (TPSA) is 69.6 Å². The zero-order chi connectivity index (χ0) is 15.2. The van der Waals surface area contributed by atoms with E-state index < -0.39 is 5.97 Å². The molecule has 112 valence electrons. The van der Waals surface area contributed by atoms with Crippen molar-refractivity contribution >= 4 is 11.9 Å². The average Bonchev–Trinajstić information content (AvgIpc) is 2.27. The monoisotopic (exact) mass is 272 g/mol. The van der Waals surface area contributed by atoms with E-state index in [1.54, 1.807) is 0 Å². The summed E-state index contributed by atoms with van der Waals surface area (Å²) in [5, 5.41) is 11.8. The first-order valence-corrected chi connectivity index (χ1v) is 6.90. The number of carboxylic acids is 1. The molecule has 0 aliphatic rings. The van der Waals surface area contributed by atoms with E-state index in [-0.39, 0.29) is 30.0 Å². The third-order valence-electron chi connectivity index (χ3n) is 3.47. The summed E-state index contributed by atoms with van der Waals surface area (Å²) in [7, 11) is 0. The fourth-order valence-corrected chi connectivity index (χ4v) is 1.80. The molecule has 0 fully saturated rings. The van der Waals surface area contributed by atoms with Gasteiger partial charge in [0.1, 0.15) is 0 Å². The number of aliphatic carboxylic acids is 1. The van der Waals surface area contributed by atoms with Gasteiger partial charge in [0.15, 0.2) is 0 Å². The van der Waals surface area contributed by atoms with E-state index in [4.69, 9.17) is 5.11 Å². The maximum Gasteiger partial charge on any atom is 0.304 e. The van der Waals surface area contributed by atoms with Crippen LogP contribution in [0, 0.1) is 0 Å². The van der Waals surface area contributed by atoms with Crippen molar-refractivity contribution in [2.24, 2.45) is 0 Å². The summed E-state index contributed by atoms with van der Waals surface area (Å²) < 4.78 is 0. The Labute approximate surface area is 116 Å². The van der Waals surface area contributed by atoms with E-state index in [0.29, 0.717) is 6.54 Å². The van der Waals surface area contributed by atoms with Crippen molar-refractivity contribution in [1.29, 1.82) is 0 Å². The fraction of sp³-hybridized carbons (Fsp3) is 0.857. The number of hydrogen-bond donors (Lipinski definition) is 2. The molecule has 5 heteroatoms. The Kier molecular flexibility index (Phi) is 7.05. The first-order chi connectivity index (χ1) is 8.60. The molecule has 0 bridgehead atoms. The maximum absolute atomic E-state index is 12.2. The lowest BCUT2D eigenvalue weighted by atomic mass is 10.0. The summed E-state index contributed by atoms with van der Waals surface area (Å²) in [5.41, 5.74) is -0.235. The number of amides is 1. The van der Waals surface area contributed by atoms with Crippen LogP contribution in [-0.4, -0.2) is 46.1 Å². The fourth-order valence-electron chi connectivity index (χ4n) is 1.80. The van der Waals surface area contributed by atoms with Gasteiger partial charge in [0, 0.05) is 18.1 Å². The highest BCUT2D eigenvalue weighted by Gasteiger charge is 2.27. The summed E-state index contributed by atoms with van der Waals surface area (Å²) >= 11 is 0. The molecular weight excluding hydrogens is 244 g/mol. The van der Waals surface area contributed by atoms with E-state index in [0.717, 1.165) is 6.42 Å². The lowest BCUT2D eigenvalue weighted by Gasteiger charge is -2.34. The molecule has 2 N–H and O–H groups in total. The average molecular weight is 272 g/mol. The minimum atomic E-state index is -0.841. The Morgan fingerprint density at radius 1 is 1.26 bits per heavy atom. The van der Waals surface area contributed by atoms with E-state index in [1.807, 2.05) is 46.4 Å². The summed E-state index contributed by atoms with van der Waals surface area (Å²) in [5.74, 6) is -0.891. The van der Waals surface area contributed by atoms with E-state index >= 15 is 0 Å². The van der Waals surface area contributed by atoms with Crippen molar-refractivity contribution in [2.75, 3.05) is 6.54 Å². The Morgan fingerprint density at radius 3 is 2.16 bits per heavy atom. The summed E-state index contributed by atoms with van der Waals surface area (Å²) in [6, 6.07) is -0.199.